The quantitative estimate of drug-likeness (QED) is 0.153. The fourth-order valence-corrected chi connectivity index (χ4v) is 9.27. The van der Waals surface area contributed by atoms with Crippen molar-refractivity contribution in [1.29, 1.82) is 0 Å². The van der Waals surface area contributed by atoms with Gasteiger partial charge >= 0.3 is 0 Å². The van der Waals surface area contributed by atoms with Crippen molar-refractivity contribution >= 4 is 60.7 Å². The normalized spacial score (nSPS) is 11.5. The van der Waals surface area contributed by atoms with Gasteiger partial charge in [0.1, 0.15) is 5.52 Å². The Balaban J connectivity index is 1.14. The summed E-state index contributed by atoms with van der Waals surface area (Å²) in [4.78, 5) is 7.35. The highest BCUT2D eigenvalue weighted by atomic mass is 16.3. The summed E-state index contributed by atoms with van der Waals surface area (Å²) in [7, 11) is 0. The Morgan fingerprint density at radius 1 is 0.413 bits per heavy atom. The van der Waals surface area contributed by atoms with Crippen LogP contribution in [0.5, 0.6) is 0 Å². The molecule has 0 N–H and O–H groups in total. The molecule has 0 spiro atoms. The second kappa shape index (κ2) is 15.2. The molecule has 4 heteroatoms. The average molecular weight is 806 g/mol. The Labute approximate surface area is 365 Å². The van der Waals surface area contributed by atoms with E-state index in [2.05, 4.69) is 210 Å². The lowest BCUT2D eigenvalue weighted by Gasteiger charge is -2.28. The van der Waals surface area contributed by atoms with Gasteiger partial charge < -0.3 is 13.9 Å². The first-order valence-electron chi connectivity index (χ1n) is 21.4. The second-order valence-electron chi connectivity index (χ2n) is 16.0. The molecule has 0 aliphatic rings. The van der Waals surface area contributed by atoms with E-state index in [-0.39, 0.29) is 0 Å². The standard InChI is InChI=1S/C59H39N3O/c1-5-18-40(19-6-1)45-36-46(41-20-7-2-8-21-41)38-49(37-45)61(48-34-32-42(33-35-48)51-29-17-30-53-58(51)63-59(60-53)43-22-9-3-10-23-43)55-39-44-24-13-14-27-50(44)57-56(55)52-28-15-16-31-54(52)62(57)47-25-11-4-12-26-47/h1-39H. The zero-order valence-electron chi connectivity index (χ0n) is 34.3. The van der Waals surface area contributed by atoms with Gasteiger partial charge in [-0.2, -0.15) is 0 Å². The van der Waals surface area contributed by atoms with Gasteiger partial charge in [0.05, 0.1) is 16.7 Å². The number of fused-ring (bicyclic) bond motifs is 6. The molecule has 0 fully saturated rings. The molecular weight excluding hydrogens is 767 g/mol. The fourth-order valence-electron chi connectivity index (χ4n) is 9.27. The Morgan fingerprint density at radius 2 is 1.00 bits per heavy atom. The van der Waals surface area contributed by atoms with Crippen molar-refractivity contribution in [1.82, 2.24) is 9.55 Å². The Kier molecular flexibility index (Phi) is 8.79. The van der Waals surface area contributed by atoms with Crippen LogP contribution in [0.25, 0.3) is 94.2 Å². The number of benzene rings is 10. The molecule has 2 heterocycles. The molecule has 0 aliphatic carbocycles. The molecule has 0 amide bonds. The lowest BCUT2D eigenvalue weighted by molar-refractivity contribution is 0.621. The number of hydrogen-bond donors (Lipinski definition) is 0. The van der Waals surface area contributed by atoms with Crippen molar-refractivity contribution in [2.24, 2.45) is 0 Å². The molecule has 0 saturated carbocycles. The fraction of sp³-hybridized carbons (Fsp3) is 0. The van der Waals surface area contributed by atoms with Crippen LogP contribution >= 0.6 is 0 Å². The maximum Gasteiger partial charge on any atom is 0.227 e. The first-order valence-corrected chi connectivity index (χ1v) is 21.4. The van der Waals surface area contributed by atoms with Crippen LogP contribution in [0.2, 0.25) is 0 Å². The van der Waals surface area contributed by atoms with Gasteiger partial charge in [-0.15, -0.1) is 0 Å². The number of rotatable bonds is 8. The highest BCUT2D eigenvalue weighted by Crippen LogP contribution is 2.48. The summed E-state index contributed by atoms with van der Waals surface area (Å²) in [5.74, 6) is 0.614. The van der Waals surface area contributed by atoms with Crippen molar-refractivity contribution in [3.8, 4) is 50.5 Å². The molecule has 12 aromatic rings. The van der Waals surface area contributed by atoms with Gasteiger partial charge in [-0.05, 0) is 106 Å². The molecule has 12 rings (SSSR count). The van der Waals surface area contributed by atoms with Gasteiger partial charge in [0.2, 0.25) is 5.89 Å². The van der Waals surface area contributed by atoms with Gasteiger partial charge in [-0.1, -0.05) is 164 Å². The van der Waals surface area contributed by atoms with Crippen molar-refractivity contribution in [3.63, 3.8) is 0 Å². The number of anilines is 3. The van der Waals surface area contributed by atoms with Crippen LogP contribution in [0, 0.1) is 0 Å². The summed E-state index contributed by atoms with van der Waals surface area (Å²) in [6.45, 7) is 0. The first kappa shape index (κ1) is 36.4. The largest absolute Gasteiger partial charge is 0.435 e. The van der Waals surface area contributed by atoms with Gasteiger partial charge in [0.15, 0.2) is 5.58 Å². The first-order chi connectivity index (χ1) is 31.2. The third kappa shape index (κ3) is 6.36. The van der Waals surface area contributed by atoms with Crippen LogP contribution in [0.15, 0.2) is 241 Å². The van der Waals surface area contributed by atoms with E-state index < -0.39 is 0 Å². The molecule has 0 aliphatic heterocycles. The second-order valence-corrected chi connectivity index (χ2v) is 16.0. The van der Waals surface area contributed by atoms with E-state index in [4.69, 9.17) is 9.40 Å². The highest BCUT2D eigenvalue weighted by Gasteiger charge is 2.25. The number of nitrogens with zero attached hydrogens (tertiary/aromatic N) is 3. The number of aromatic nitrogens is 2. The lowest BCUT2D eigenvalue weighted by Crippen LogP contribution is -2.11. The topological polar surface area (TPSA) is 34.2 Å². The highest BCUT2D eigenvalue weighted by molar-refractivity contribution is 6.24. The maximum atomic E-state index is 6.51. The van der Waals surface area contributed by atoms with E-state index >= 15 is 0 Å². The van der Waals surface area contributed by atoms with E-state index in [1.165, 1.54) is 21.7 Å². The van der Waals surface area contributed by atoms with Crippen LogP contribution in [-0.4, -0.2) is 9.55 Å². The Bertz CT molecular complexity index is 3540. The molecule has 2 aromatic heterocycles. The van der Waals surface area contributed by atoms with Gasteiger partial charge in [0.25, 0.3) is 0 Å². The molecule has 296 valence electrons. The predicted molar refractivity (Wildman–Crippen MR) is 262 cm³/mol. The minimum absolute atomic E-state index is 0.614. The lowest BCUT2D eigenvalue weighted by atomic mass is 9.96. The van der Waals surface area contributed by atoms with Gasteiger partial charge in [-0.3, -0.25) is 0 Å². The van der Waals surface area contributed by atoms with E-state index in [1.54, 1.807) is 0 Å². The van der Waals surface area contributed by atoms with Crippen molar-refractivity contribution in [3.05, 3.63) is 237 Å². The van der Waals surface area contributed by atoms with Gasteiger partial charge in [-0.25, -0.2) is 4.98 Å². The minimum Gasteiger partial charge on any atom is -0.435 e. The van der Waals surface area contributed by atoms with Crippen LogP contribution in [0.1, 0.15) is 0 Å². The summed E-state index contributed by atoms with van der Waals surface area (Å²) in [6, 6.07) is 84.4. The maximum absolute atomic E-state index is 6.51. The summed E-state index contributed by atoms with van der Waals surface area (Å²) in [6.07, 6.45) is 0. The van der Waals surface area contributed by atoms with Crippen molar-refractivity contribution < 1.29 is 4.42 Å². The summed E-state index contributed by atoms with van der Waals surface area (Å²) < 4.78 is 8.95. The monoisotopic (exact) mass is 805 g/mol. The third-order valence-electron chi connectivity index (χ3n) is 12.2. The molecule has 4 nitrogen and oxygen atoms in total. The van der Waals surface area contributed by atoms with Crippen LogP contribution < -0.4 is 4.90 Å². The van der Waals surface area contributed by atoms with Crippen molar-refractivity contribution in [2.75, 3.05) is 4.90 Å². The zero-order valence-corrected chi connectivity index (χ0v) is 34.3. The average Bonchev–Trinajstić information content (AvgIpc) is 3.96. The van der Waals surface area contributed by atoms with E-state index in [0.717, 1.165) is 83.7 Å². The molecule has 0 atom stereocenters. The molecule has 10 aromatic carbocycles. The molecule has 0 unspecified atom stereocenters. The Morgan fingerprint density at radius 3 is 1.68 bits per heavy atom. The van der Waals surface area contributed by atoms with Gasteiger partial charge in [0, 0.05) is 44.3 Å². The molecule has 0 radical (unpaired) electrons. The smallest absolute Gasteiger partial charge is 0.227 e. The predicted octanol–water partition coefficient (Wildman–Crippen LogP) is 16.2. The van der Waals surface area contributed by atoms with Crippen molar-refractivity contribution in [2.45, 2.75) is 0 Å². The van der Waals surface area contributed by atoms with Crippen LogP contribution in [0.4, 0.5) is 17.1 Å². The van der Waals surface area contributed by atoms with Crippen LogP contribution in [-0.2, 0) is 0 Å². The Hall–Kier alpha value is -8.47. The number of hydrogen-bond acceptors (Lipinski definition) is 3. The minimum atomic E-state index is 0.614. The number of oxazole rings is 1. The molecule has 63 heavy (non-hydrogen) atoms. The third-order valence-corrected chi connectivity index (χ3v) is 12.2. The summed E-state index contributed by atoms with van der Waals surface area (Å²) in [5, 5.41) is 4.73. The molecular formula is C59H39N3O. The molecule has 0 saturated heterocycles. The van der Waals surface area contributed by atoms with E-state index in [9.17, 15) is 0 Å². The van der Waals surface area contributed by atoms with Crippen LogP contribution in [0.3, 0.4) is 0 Å². The SMILES string of the molecule is c1ccc(-c2cc(-c3ccccc3)cc(N(c3ccc(-c4cccc5nc(-c6ccccc6)oc45)cc3)c3cc4ccccc4c4c3c3ccccc3n4-c3ccccc3)c2)cc1. The summed E-state index contributed by atoms with van der Waals surface area (Å²) in [5.41, 5.74) is 15.8. The van der Waals surface area contributed by atoms with E-state index in [0.29, 0.717) is 5.89 Å². The molecule has 0 bridgehead atoms. The summed E-state index contributed by atoms with van der Waals surface area (Å²) >= 11 is 0. The zero-order chi connectivity index (χ0) is 41.7. The number of para-hydroxylation sites is 3. The van der Waals surface area contributed by atoms with E-state index in [1.807, 2.05) is 36.4 Å².